The predicted octanol–water partition coefficient (Wildman–Crippen LogP) is -0.465. The second-order valence-corrected chi connectivity index (χ2v) is 3.92. The van der Waals surface area contributed by atoms with Crippen molar-refractivity contribution in [3.8, 4) is 0 Å². The lowest BCUT2D eigenvalue weighted by Crippen LogP contribution is -2.34. The van der Waals surface area contributed by atoms with Gasteiger partial charge in [0, 0.05) is 51.5 Å². The molecule has 88 valence electrons. The van der Waals surface area contributed by atoms with Crippen molar-refractivity contribution in [2.45, 2.75) is 6.54 Å². The lowest BCUT2D eigenvalue weighted by atomic mass is 10.3. The standard InChI is InChI=1S/C10H17N5O/c1-14-8-9(7-13-14)6-11-2-4-15-5-3-12-10(15)16/h7-8,11H,2-6H2,1H3,(H,12,16). The molecule has 0 radical (unpaired) electrons. The molecule has 2 N–H and O–H groups in total. The minimum Gasteiger partial charge on any atom is -0.336 e. The second kappa shape index (κ2) is 4.98. The van der Waals surface area contributed by atoms with Crippen LogP contribution in [0.15, 0.2) is 12.4 Å². The number of amides is 2. The van der Waals surface area contributed by atoms with Crippen molar-refractivity contribution >= 4 is 6.03 Å². The van der Waals surface area contributed by atoms with E-state index in [1.165, 1.54) is 0 Å². The molecule has 2 rings (SSSR count). The van der Waals surface area contributed by atoms with E-state index in [-0.39, 0.29) is 6.03 Å². The van der Waals surface area contributed by atoms with Crippen LogP contribution in [0.4, 0.5) is 4.79 Å². The Kier molecular flexibility index (Phi) is 3.40. The molecule has 2 heterocycles. The summed E-state index contributed by atoms with van der Waals surface area (Å²) in [7, 11) is 1.90. The Morgan fingerprint density at radius 2 is 2.50 bits per heavy atom. The van der Waals surface area contributed by atoms with Crippen molar-refractivity contribution in [3.63, 3.8) is 0 Å². The molecular weight excluding hydrogens is 206 g/mol. The number of nitrogens with zero attached hydrogens (tertiary/aromatic N) is 3. The van der Waals surface area contributed by atoms with Crippen LogP contribution in [0.25, 0.3) is 0 Å². The quantitative estimate of drug-likeness (QED) is 0.664. The summed E-state index contributed by atoms with van der Waals surface area (Å²) < 4.78 is 1.78. The van der Waals surface area contributed by atoms with Gasteiger partial charge in [0.25, 0.3) is 0 Å². The maximum Gasteiger partial charge on any atom is 0.317 e. The molecule has 0 aromatic carbocycles. The number of carbonyl (C=O) groups excluding carboxylic acids is 1. The Morgan fingerprint density at radius 3 is 3.12 bits per heavy atom. The smallest absolute Gasteiger partial charge is 0.317 e. The van der Waals surface area contributed by atoms with Gasteiger partial charge in [-0.2, -0.15) is 5.10 Å². The third-order valence-electron chi connectivity index (χ3n) is 2.59. The number of aryl methyl sites for hydroxylation is 1. The van der Waals surface area contributed by atoms with Crippen LogP contribution >= 0.6 is 0 Å². The Bertz CT molecular complexity index is 362. The summed E-state index contributed by atoms with van der Waals surface area (Å²) in [5, 5.41) is 10.2. The maximum atomic E-state index is 11.2. The predicted molar refractivity (Wildman–Crippen MR) is 59.9 cm³/mol. The summed E-state index contributed by atoms with van der Waals surface area (Å²) in [6.45, 7) is 3.94. The van der Waals surface area contributed by atoms with Gasteiger partial charge in [0.1, 0.15) is 0 Å². The minimum absolute atomic E-state index is 0.0446. The maximum absolute atomic E-state index is 11.2. The lowest BCUT2D eigenvalue weighted by Gasteiger charge is -2.13. The zero-order valence-corrected chi connectivity index (χ0v) is 9.44. The molecule has 2 amide bonds. The average Bonchev–Trinajstić information content (AvgIpc) is 2.83. The number of urea groups is 1. The monoisotopic (exact) mass is 223 g/mol. The van der Waals surface area contributed by atoms with Crippen LogP contribution in [0.5, 0.6) is 0 Å². The highest BCUT2D eigenvalue weighted by atomic mass is 16.2. The molecule has 1 aliphatic heterocycles. The van der Waals surface area contributed by atoms with Crippen LogP contribution in [0.1, 0.15) is 5.56 Å². The van der Waals surface area contributed by atoms with Gasteiger partial charge < -0.3 is 15.5 Å². The first-order chi connectivity index (χ1) is 7.75. The fourth-order valence-electron chi connectivity index (χ4n) is 1.73. The summed E-state index contributed by atoms with van der Waals surface area (Å²) in [5.74, 6) is 0. The van der Waals surface area contributed by atoms with E-state index in [0.717, 1.165) is 38.3 Å². The third kappa shape index (κ3) is 2.73. The zero-order chi connectivity index (χ0) is 11.4. The number of hydrogen-bond acceptors (Lipinski definition) is 3. The van der Waals surface area contributed by atoms with Gasteiger partial charge in [-0.1, -0.05) is 0 Å². The van der Waals surface area contributed by atoms with Crippen LogP contribution in [0.2, 0.25) is 0 Å². The Balaban J connectivity index is 1.63. The molecule has 1 saturated heterocycles. The highest BCUT2D eigenvalue weighted by Gasteiger charge is 2.17. The first-order valence-corrected chi connectivity index (χ1v) is 5.47. The van der Waals surface area contributed by atoms with E-state index < -0.39 is 0 Å². The summed E-state index contributed by atoms with van der Waals surface area (Å²) in [6.07, 6.45) is 3.82. The van der Waals surface area contributed by atoms with E-state index in [0.29, 0.717) is 0 Å². The van der Waals surface area contributed by atoms with Gasteiger partial charge >= 0.3 is 6.03 Å². The molecular formula is C10H17N5O. The minimum atomic E-state index is 0.0446. The van der Waals surface area contributed by atoms with E-state index in [1.807, 2.05) is 24.3 Å². The molecule has 0 atom stereocenters. The molecule has 16 heavy (non-hydrogen) atoms. The van der Waals surface area contributed by atoms with Crippen LogP contribution in [0.3, 0.4) is 0 Å². The van der Waals surface area contributed by atoms with Gasteiger partial charge in [-0.15, -0.1) is 0 Å². The number of hydrogen-bond donors (Lipinski definition) is 2. The van der Waals surface area contributed by atoms with Gasteiger partial charge in [0.2, 0.25) is 0 Å². The highest BCUT2D eigenvalue weighted by molar-refractivity contribution is 5.76. The Labute approximate surface area is 94.6 Å². The van der Waals surface area contributed by atoms with Gasteiger partial charge in [-0.3, -0.25) is 4.68 Å². The summed E-state index contributed by atoms with van der Waals surface area (Å²) in [6, 6.07) is 0.0446. The molecule has 6 nitrogen and oxygen atoms in total. The van der Waals surface area contributed by atoms with E-state index >= 15 is 0 Å². The zero-order valence-electron chi connectivity index (χ0n) is 9.44. The largest absolute Gasteiger partial charge is 0.336 e. The number of nitrogens with one attached hydrogen (secondary N) is 2. The Morgan fingerprint density at radius 1 is 1.62 bits per heavy atom. The van der Waals surface area contributed by atoms with E-state index in [1.54, 1.807) is 4.68 Å². The fourth-order valence-corrected chi connectivity index (χ4v) is 1.73. The third-order valence-corrected chi connectivity index (χ3v) is 2.59. The molecule has 6 heteroatoms. The molecule has 0 aliphatic carbocycles. The summed E-state index contributed by atoms with van der Waals surface area (Å²) >= 11 is 0. The first-order valence-electron chi connectivity index (χ1n) is 5.47. The topological polar surface area (TPSA) is 62.2 Å². The highest BCUT2D eigenvalue weighted by Crippen LogP contribution is 1.96. The van der Waals surface area contributed by atoms with Crippen molar-refractivity contribution in [1.29, 1.82) is 0 Å². The van der Waals surface area contributed by atoms with Crippen molar-refractivity contribution in [3.05, 3.63) is 18.0 Å². The number of carbonyl (C=O) groups is 1. The van der Waals surface area contributed by atoms with E-state index in [4.69, 9.17) is 0 Å². The molecule has 0 spiro atoms. The van der Waals surface area contributed by atoms with Crippen LogP contribution in [0, 0.1) is 0 Å². The summed E-state index contributed by atoms with van der Waals surface area (Å²) in [4.78, 5) is 13.0. The van der Waals surface area contributed by atoms with Crippen molar-refractivity contribution in [2.75, 3.05) is 26.2 Å². The number of aromatic nitrogens is 2. The second-order valence-electron chi connectivity index (χ2n) is 3.92. The SMILES string of the molecule is Cn1cc(CNCCN2CCNC2=O)cn1. The molecule has 0 saturated carbocycles. The number of rotatable bonds is 5. The molecule has 0 bridgehead atoms. The van der Waals surface area contributed by atoms with Crippen LogP contribution in [-0.4, -0.2) is 46.9 Å². The van der Waals surface area contributed by atoms with Gasteiger partial charge in [-0.25, -0.2) is 4.79 Å². The first kappa shape index (κ1) is 10.9. The average molecular weight is 223 g/mol. The normalized spacial score (nSPS) is 15.6. The lowest BCUT2D eigenvalue weighted by molar-refractivity contribution is 0.217. The fraction of sp³-hybridized carbons (Fsp3) is 0.600. The van der Waals surface area contributed by atoms with Crippen molar-refractivity contribution in [1.82, 2.24) is 25.3 Å². The van der Waals surface area contributed by atoms with Gasteiger partial charge in [0.05, 0.1) is 6.20 Å². The summed E-state index contributed by atoms with van der Waals surface area (Å²) in [5.41, 5.74) is 1.16. The molecule has 1 fully saturated rings. The molecule has 1 aromatic rings. The molecule has 1 aliphatic rings. The molecule has 1 aromatic heterocycles. The van der Waals surface area contributed by atoms with Crippen LogP contribution in [-0.2, 0) is 13.6 Å². The van der Waals surface area contributed by atoms with Crippen LogP contribution < -0.4 is 10.6 Å². The van der Waals surface area contributed by atoms with E-state index in [2.05, 4.69) is 15.7 Å². The molecule has 0 unspecified atom stereocenters. The van der Waals surface area contributed by atoms with Gasteiger partial charge in [-0.05, 0) is 0 Å². The van der Waals surface area contributed by atoms with E-state index in [9.17, 15) is 4.79 Å². The van der Waals surface area contributed by atoms with Crippen molar-refractivity contribution < 1.29 is 4.79 Å². The Hall–Kier alpha value is -1.56. The van der Waals surface area contributed by atoms with Gasteiger partial charge in [0.15, 0.2) is 0 Å². The van der Waals surface area contributed by atoms with Crippen molar-refractivity contribution in [2.24, 2.45) is 7.05 Å².